The van der Waals surface area contributed by atoms with E-state index in [2.05, 4.69) is 88.4 Å². The molecule has 2 atom stereocenters. The van der Waals surface area contributed by atoms with Crippen molar-refractivity contribution < 1.29 is 4.74 Å². The van der Waals surface area contributed by atoms with Crippen molar-refractivity contribution in [2.24, 2.45) is 0 Å². The van der Waals surface area contributed by atoms with E-state index in [0.29, 0.717) is 0 Å². The van der Waals surface area contributed by atoms with Gasteiger partial charge >= 0.3 is 0 Å². The molecule has 2 aromatic carbocycles. The highest BCUT2D eigenvalue weighted by atomic mass is 16.5. The molecule has 0 amide bonds. The van der Waals surface area contributed by atoms with Gasteiger partial charge in [-0.3, -0.25) is 0 Å². The molecule has 1 nitrogen and oxygen atoms in total. The van der Waals surface area contributed by atoms with E-state index >= 15 is 0 Å². The van der Waals surface area contributed by atoms with Gasteiger partial charge in [-0.05, 0) is 63.5 Å². The van der Waals surface area contributed by atoms with Crippen LogP contribution in [0.4, 0.5) is 0 Å². The van der Waals surface area contributed by atoms with Crippen molar-refractivity contribution in [2.45, 2.75) is 77.4 Å². The second-order valence-electron chi connectivity index (χ2n) is 7.68. The van der Waals surface area contributed by atoms with Crippen molar-refractivity contribution >= 4 is 0 Å². The van der Waals surface area contributed by atoms with E-state index in [1.54, 1.807) is 0 Å². The first kappa shape index (κ1) is 19.7. The van der Waals surface area contributed by atoms with Gasteiger partial charge in [0.1, 0.15) is 0 Å². The maximum absolute atomic E-state index is 6.77. The number of rotatable bonds is 10. The Morgan fingerprint density at radius 2 is 1.00 bits per heavy atom. The van der Waals surface area contributed by atoms with Gasteiger partial charge in [-0.1, -0.05) is 74.5 Å². The Kier molecular flexibility index (Phi) is 7.25. The van der Waals surface area contributed by atoms with Crippen LogP contribution in [0.25, 0.3) is 0 Å². The molecule has 0 spiro atoms. The van der Waals surface area contributed by atoms with E-state index in [4.69, 9.17) is 4.74 Å². The molecule has 1 heteroatoms. The lowest BCUT2D eigenvalue weighted by Gasteiger charge is -2.40. The second kappa shape index (κ2) is 9.20. The number of ether oxygens (including phenoxy) is 1. The minimum absolute atomic E-state index is 0.0721. The monoisotopic (exact) mass is 338 g/mol. The molecule has 136 valence electrons. The number of benzene rings is 2. The Morgan fingerprint density at radius 1 is 0.640 bits per heavy atom. The summed E-state index contributed by atoms with van der Waals surface area (Å²) in [5.41, 5.74) is 2.65. The van der Waals surface area contributed by atoms with Crippen LogP contribution in [0.2, 0.25) is 0 Å². The average molecular weight is 339 g/mol. The molecule has 0 aromatic heterocycles. The number of hydrogen-bond acceptors (Lipinski definition) is 1. The quantitative estimate of drug-likeness (QED) is 0.474. The second-order valence-corrected chi connectivity index (χ2v) is 7.68. The van der Waals surface area contributed by atoms with Crippen LogP contribution in [-0.4, -0.2) is 11.2 Å². The highest BCUT2D eigenvalue weighted by molar-refractivity contribution is 5.16. The van der Waals surface area contributed by atoms with E-state index in [9.17, 15) is 0 Å². The fraction of sp³-hybridized carbons (Fsp3) is 0.500. The van der Waals surface area contributed by atoms with Crippen molar-refractivity contribution in [3.63, 3.8) is 0 Å². The van der Waals surface area contributed by atoms with Gasteiger partial charge in [0.15, 0.2) is 0 Å². The van der Waals surface area contributed by atoms with Crippen LogP contribution >= 0.6 is 0 Å². The number of hydrogen-bond donors (Lipinski definition) is 0. The topological polar surface area (TPSA) is 9.23 Å². The Balaban J connectivity index is 1.97. The van der Waals surface area contributed by atoms with Gasteiger partial charge in [-0.25, -0.2) is 0 Å². The van der Waals surface area contributed by atoms with E-state index in [1.807, 2.05) is 0 Å². The maximum Gasteiger partial charge on any atom is 0.0662 e. The van der Waals surface area contributed by atoms with Gasteiger partial charge in [-0.15, -0.1) is 0 Å². The van der Waals surface area contributed by atoms with Crippen LogP contribution in [0.3, 0.4) is 0 Å². The van der Waals surface area contributed by atoms with Gasteiger partial charge in [0.25, 0.3) is 0 Å². The lowest BCUT2D eigenvalue weighted by atomic mass is 9.89. The average Bonchev–Trinajstić information content (AvgIpc) is 2.66. The van der Waals surface area contributed by atoms with Crippen LogP contribution in [0.1, 0.15) is 64.5 Å². The summed E-state index contributed by atoms with van der Waals surface area (Å²) in [4.78, 5) is 0. The van der Waals surface area contributed by atoms with E-state index in [-0.39, 0.29) is 11.2 Å². The molecule has 0 saturated carbocycles. The standard InChI is InChI=1S/C24H34O/c1-5-23(3,19-17-21-13-9-7-10-14-21)25-24(4,6-2)20-18-22-15-11-8-12-16-22/h7-16H,5-6,17-20H2,1-4H3. The first-order valence-corrected chi connectivity index (χ1v) is 9.77. The Bertz CT molecular complexity index is 551. The fourth-order valence-electron chi connectivity index (χ4n) is 3.30. The minimum atomic E-state index is -0.0721. The van der Waals surface area contributed by atoms with E-state index in [1.165, 1.54) is 11.1 Å². The largest absolute Gasteiger partial charge is 0.369 e. The van der Waals surface area contributed by atoms with Gasteiger partial charge in [0.2, 0.25) is 0 Å². The number of aryl methyl sites for hydroxylation is 2. The van der Waals surface area contributed by atoms with Crippen molar-refractivity contribution in [1.29, 1.82) is 0 Å². The van der Waals surface area contributed by atoms with Crippen LogP contribution in [0.5, 0.6) is 0 Å². The molecule has 0 heterocycles. The molecule has 0 aliphatic heterocycles. The Hall–Kier alpha value is -1.60. The molecule has 2 rings (SSSR count). The SMILES string of the molecule is CCC(C)(CCc1ccccc1)OC(C)(CC)CCc1ccccc1. The molecule has 0 saturated heterocycles. The summed E-state index contributed by atoms with van der Waals surface area (Å²) in [6, 6.07) is 21.5. The van der Waals surface area contributed by atoms with Gasteiger partial charge in [0.05, 0.1) is 11.2 Å². The zero-order valence-electron chi connectivity index (χ0n) is 16.4. The normalized spacial score (nSPS) is 16.2. The van der Waals surface area contributed by atoms with Crippen LogP contribution in [-0.2, 0) is 17.6 Å². The molecule has 0 aliphatic rings. The molecule has 0 N–H and O–H groups in total. The predicted octanol–water partition coefficient (Wildman–Crippen LogP) is 6.61. The van der Waals surface area contributed by atoms with Crippen LogP contribution in [0.15, 0.2) is 60.7 Å². The van der Waals surface area contributed by atoms with Gasteiger partial charge in [0, 0.05) is 0 Å². The summed E-state index contributed by atoms with van der Waals surface area (Å²) in [6.07, 6.45) is 6.36. The first-order valence-electron chi connectivity index (χ1n) is 9.77. The zero-order valence-corrected chi connectivity index (χ0v) is 16.4. The van der Waals surface area contributed by atoms with E-state index < -0.39 is 0 Å². The smallest absolute Gasteiger partial charge is 0.0662 e. The summed E-state index contributed by atoms with van der Waals surface area (Å²) in [7, 11) is 0. The zero-order chi connectivity index (χ0) is 18.2. The summed E-state index contributed by atoms with van der Waals surface area (Å²) in [5, 5.41) is 0. The summed E-state index contributed by atoms with van der Waals surface area (Å²) in [5.74, 6) is 0. The molecule has 0 radical (unpaired) electrons. The van der Waals surface area contributed by atoms with Gasteiger partial charge < -0.3 is 4.74 Å². The highest BCUT2D eigenvalue weighted by Gasteiger charge is 2.33. The molecule has 0 fully saturated rings. The van der Waals surface area contributed by atoms with Crippen molar-refractivity contribution in [1.82, 2.24) is 0 Å². The lowest BCUT2D eigenvalue weighted by Crippen LogP contribution is -2.41. The summed E-state index contributed by atoms with van der Waals surface area (Å²) < 4.78 is 6.77. The lowest BCUT2D eigenvalue weighted by molar-refractivity contribution is -0.150. The van der Waals surface area contributed by atoms with E-state index in [0.717, 1.165) is 38.5 Å². The highest BCUT2D eigenvalue weighted by Crippen LogP contribution is 2.33. The molecular weight excluding hydrogens is 304 g/mol. The molecule has 0 bridgehead atoms. The molecule has 0 aliphatic carbocycles. The fourth-order valence-corrected chi connectivity index (χ4v) is 3.30. The van der Waals surface area contributed by atoms with Crippen LogP contribution < -0.4 is 0 Å². The molecule has 2 unspecified atom stereocenters. The third-order valence-corrected chi connectivity index (χ3v) is 5.56. The first-order chi connectivity index (χ1) is 12.0. The Labute approximate surface area is 154 Å². The predicted molar refractivity (Wildman–Crippen MR) is 108 cm³/mol. The maximum atomic E-state index is 6.77. The molecule has 25 heavy (non-hydrogen) atoms. The molecule has 2 aromatic rings. The van der Waals surface area contributed by atoms with Crippen molar-refractivity contribution in [2.75, 3.05) is 0 Å². The summed E-state index contributed by atoms with van der Waals surface area (Å²) in [6.45, 7) is 9.06. The molecular formula is C24H34O. The van der Waals surface area contributed by atoms with Gasteiger partial charge in [-0.2, -0.15) is 0 Å². The minimum Gasteiger partial charge on any atom is -0.369 e. The van der Waals surface area contributed by atoms with Crippen molar-refractivity contribution in [3.05, 3.63) is 71.8 Å². The third-order valence-electron chi connectivity index (χ3n) is 5.56. The third kappa shape index (κ3) is 6.32. The van der Waals surface area contributed by atoms with Crippen LogP contribution in [0, 0.1) is 0 Å². The Morgan fingerprint density at radius 3 is 1.32 bits per heavy atom. The van der Waals surface area contributed by atoms with Crippen molar-refractivity contribution in [3.8, 4) is 0 Å². The summed E-state index contributed by atoms with van der Waals surface area (Å²) >= 11 is 0.